The SMILES string of the molecule is Cc1ccccc1C=Cc1csc2ccccc12. The van der Waals surface area contributed by atoms with E-state index in [1.165, 1.54) is 26.8 Å². The molecule has 2 aromatic carbocycles. The molecule has 3 aromatic rings. The first-order chi connectivity index (χ1) is 8.84. The van der Waals surface area contributed by atoms with Gasteiger partial charge in [-0.05, 0) is 40.4 Å². The Kier molecular flexibility index (Phi) is 2.99. The van der Waals surface area contributed by atoms with Gasteiger partial charge in [-0.2, -0.15) is 0 Å². The van der Waals surface area contributed by atoms with Gasteiger partial charge in [-0.3, -0.25) is 0 Å². The van der Waals surface area contributed by atoms with Crippen LogP contribution in [0, 0.1) is 6.92 Å². The van der Waals surface area contributed by atoms with Crippen molar-refractivity contribution in [1.29, 1.82) is 0 Å². The Morgan fingerprint density at radius 2 is 1.56 bits per heavy atom. The molecule has 1 heterocycles. The van der Waals surface area contributed by atoms with Crippen LogP contribution in [0.1, 0.15) is 16.7 Å². The lowest BCUT2D eigenvalue weighted by molar-refractivity contribution is 1.45. The van der Waals surface area contributed by atoms with Crippen LogP contribution in [-0.4, -0.2) is 0 Å². The van der Waals surface area contributed by atoms with E-state index < -0.39 is 0 Å². The van der Waals surface area contributed by atoms with E-state index in [-0.39, 0.29) is 0 Å². The van der Waals surface area contributed by atoms with Crippen molar-refractivity contribution in [2.24, 2.45) is 0 Å². The Bertz CT molecular complexity index is 704. The quantitative estimate of drug-likeness (QED) is 0.572. The summed E-state index contributed by atoms with van der Waals surface area (Å²) in [5.41, 5.74) is 3.90. The van der Waals surface area contributed by atoms with E-state index in [0.29, 0.717) is 0 Å². The zero-order chi connectivity index (χ0) is 12.4. The van der Waals surface area contributed by atoms with Crippen LogP contribution in [0.2, 0.25) is 0 Å². The molecule has 0 aliphatic carbocycles. The van der Waals surface area contributed by atoms with Gasteiger partial charge in [0.2, 0.25) is 0 Å². The molecule has 1 aromatic heterocycles. The highest BCUT2D eigenvalue weighted by Crippen LogP contribution is 2.27. The normalized spacial score (nSPS) is 11.4. The minimum atomic E-state index is 1.28. The fourth-order valence-electron chi connectivity index (χ4n) is 2.08. The van der Waals surface area contributed by atoms with Crippen molar-refractivity contribution in [3.05, 3.63) is 70.6 Å². The number of rotatable bonds is 2. The Balaban J connectivity index is 2.00. The van der Waals surface area contributed by atoms with E-state index in [9.17, 15) is 0 Å². The van der Waals surface area contributed by atoms with Gasteiger partial charge in [0.05, 0.1) is 0 Å². The van der Waals surface area contributed by atoms with Crippen LogP contribution in [0.15, 0.2) is 53.9 Å². The predicted octanol–water partition coefficient (Wildman–Crippen LogP) is 5.38. The highest BCUT2D eigenvalue weighted by Gasteiger charge is 1.99. The zero-order valence-corrected chi connectivity index (χ0v) is 11.1. The Labute approximate surface area is 111 Å². The topological polar surface area (TPSA) is 0 Å². The molecule has 0 saturated heterocycles. The molecule has 0 fully saturated rings. The summed E-state index contributed by atoms with van der Waals surface area (Å²) in [6, 6.07) is 17.0. The van der Waals surface area contributed by atoms with Crippen LogP contribution in [0.25, 0.3) is 22.2 Å². The minimum absolute atomic E-state index is 1.28. The lowest BCUT2D eigenvalue weighted by Crippen LogP contribution is -1.77. The van der Waals surface area contributed by atoms with Crippen molar-refractivity contribution in [2.75, 3.05) is 0 Å². The summed E-state index contributed by atoms with van der Waals surface area (Å²) >= 11 is 1.80. The number of benzene rings is 2. The van der Waals surface area contributed by atoms with Crippen LogP contribution < -0.4 is 0 Å². The number of hydrogen-bond acceptors (Lipinski definition) is 1. The van der Waals surface area contributed by atoms with Crippen molar-refractivity contribution < 1.29 is 0 Å². The first-order valence-corrected chi connectivity index (χ1v) is 6.92. The second-order valence-corrected chi connectivity index (χ2v) is 5.29. The molecular weight excluding hydrogens is 236 g/mol. The van der Waals surface area contributed by atoms with Gasteiger partial charge in [0.15, 0.2) is 0 Å². The molecule has 0 spiro atoms. The van der Waals surface area contributed by atoms with Gasteiger partial charge >= 0.3 is 0 Å². The third kappa shape index (κ3) is 2.09. The lowest BCUT2D eigenvalue weighted by Gasteiger charge is -1.98. The summed E-state index contributed by atoms with van der Waals surface area (Å²) in [5.74, 6) is 0. The molecule has 1 heteroatoms. The van der Waals surface area contributed by atoms with Crippen LogP contribution >= 0.6 is 11.3 Å². The van der Waals surface area contributed by atoms with E-state index in [1.54, 1.807) is 11.3 Å². The van der Waals surface area contributed by atoms with Crippen molar-refractivity contribution >= 4 is 33.6 Å². The zero-order valence-electron chi connectivity index (χ0n) is 10.3. The molecule has 0 amide bonds. The molecule has 0 aliphatic rings. The highest BCUT2D eigenvalue weighted by atomic mass is 32.1. The van der Waals surface area contributed by atoms with Crippen LogP contribution in [0.5, 0.6) is 0 Å². The third-order valence-corrected chi connectivity index (χ3v) is 4.12. The van der Waals surface area contributed by atoms with Gasteiger partial charge in [-0.15, -0.1) is 11.3 Å². The Morgan fingerprint density at radius 3 is 2.44 bits per heavy atom. The molecule has 18 heavy (non-hydrogen) atoms. The van der Waals surface area contributed by atoms with Crippen LogP contribution in [0.3, 0.4) is 0 Å². The lowest BCUT2D eigenvalue weighted by atomic mass is 10.1. The van der Waals surface area contributed by atoms with Gasteiger partial charge in [0, 0.05) is 4.70 Å². The van der Waals surface area contributed by atoms with Crippen LogP contribution in [-0.2, 0) is 0 Å². The number of fused-ring (bicyclic) bond motifs is 1. The summed E-state index contributed by atoms with van der Waals surface area (Å²) in [5, 5.41) is 3.56. The summed E-state index contributed by atoms with van der Waals surface area (Å²) in [6.07, 6.45) is 4.41. The summed E-state index contributed by atoms with van der Waals surface area (Å²) in [6.45, 7) is 2.14. The maximum atomic E-state index is 2.22. The molecule has 0 unspecified atom stereocenters. The Hall–Kier alpha value is -1.86. The molecule has 0 saturated carbocycles. The van der Waals surface area contributed by atoms with E-state index in [1.807, 2.05) is 0 Å². The molecule has 0 nitrogen and oxygen atoms in total. The van der Waals surface area contributed by atoms with Crippen LogP contribution in [0.4, 0.5) is 0 Å². The monoisotopic (exact) mass is 250 g/mol. The summed E-state index contributed by atoms with van der Waals surface area (Å²) < 4.78 is 1.35. The van der Waals surface area contributed by atoms with E-state index in [2.05, 4.69) is 73.0 Å². The maximum Gasteiger partial charge on any atom is 0.0348 e. The van der Waals surface area contributed by atoms with Crippen molar-refractivity contribution in [1.82, 2.24) is 0 Å². The second-order valence-electron chi connectivity index (χ2n) is 4.38. The fraction of sp³-hybridized carbons (Fsp3) is 0.0588. The predicted molar refractivity (Wildman–Crippen MR) is 81.9 cm³/mol. The molecular formula is C17H14S. The van der Waals surface area contributed by atoms with Gasteiger partial charge in [-0.1, -0.05) is 54.6 Å². The molecule has 0 aliphatic heterocycles. The number of aryl methyl sites for hydroxylation is 1. The van der Waals surface area contributed by atoms with E-state index >= 15 is 0 Å². The average Bonchev–Trinajstić information content (AvgIpc) is 2.81. The highest BCUT2D eigenvalue weighted by molar-refractivity contribution is 7.17. The largest absolute Gasteiger partial charge is 0.143 e. The molecule has 0 radical (unpaired) electrons. The van der Waals surface area contributed by atoms with Gasteiger partial charge in [0.1, 0.15) is 0 Å². The molecule has 0 atom stereocenters. The second kappa shape index (κ2) is 4.79. The first kappa shape index (κ1) is 11.2. The fourth-order valence-corrected chi connectivity index (χ4v) is 3.01. The third-order valence-electron chi connectivity index (χ3n) is 3.14. The first-order valence-electron chi connectivity index (χ1n) is 6.04. The minimum Gasteiger partial charge on any atom is -0.143 e. The molecule has 88 valence electrons. The smallest absolute Gasteiger partial charge is 0.0348 e. The van der Waals surface area contributed by atoms with Gasteiger partial charge < -0.3 is 0 Å². The maximum absolute atomic E-state index is 2.22. The van der Waals surface area contributed by atoms with Gasteiger partial charge in [0.25, 0.3) is 0 Å². The van der Waals surface area contributed by atoms with Crippen molar-refractivity contribution in [2.45, 2.75) is 6.92 Å². The van der Waals surface area contributed by atoms with E-state index in [0.717, 1.165) is 0 Å². The summed E-state index contributed by atoms with van der Waals surface area (Å²) in [7, 11) is 0. The molecule has 0 bridgehead atoms. The Morgan fingerprint density at radius 1 is 0.833 bits per heavy atom. The summed E-state index contributed by atoms with van der Waals surface area (Å²) in [4.78, 5) is 0. The number of hydrogen-bond donors (Lipinski definition) is 0. The molecule has 0 N–H and O–H groups in total. The number of thiophene rings is 1. The van der Waals surface area contributed by atoms with Gasteiger partial charge in [-0.25, -0.2) is 0 Å². The average molecular weight is 250 g/mol. The molecule has 3 rings (SSSR count). The van der Waals surface area contributed by atoms with Crippen molar-refractivity contribution in [3.63, 3.8) is 0 Å². The van der Waals surface area contributed by atoms with Crippen molar-refractivity contribution in [3.8, 4) is 0 Å². The van der Waals surface area contributed by atoms with E-state index in [4.69, 9.17) is 0 Å². The standard InChI is InChI=1S/C17H14S/c1-13-6-2-3-7-14(13)10-11-15-12-18-17-9-5-4-8-16(15)17/h2-12H,1H3.